The molecule has 6 nitrogen and oxygen atoms in total. The van der Waals surface area contributed by atoms with Crippen LogP contribution in [-0.4, -0.2) is 74.8 Å². The van der Waals surface area contributed by atoms with Gasteiger partial charge in [0.1, 0.15) is 5.60 Å². The Morgan fingerprint density at radius 3 is 2.46 bits per heavy atom. The third kappa shape index (κ3) is 5.28. The lowest BCUT2D eigenvalue weighted by Crippen LogP contribution is -2.68. The lowest BCUT2D eigenvalue weighted by molar-refractivity contribution is -0.135. The van der Waals surface area contributed by atoms with Crippen molar-refractivity contribution in [1.29, 1.82) is 0 Å². The molecule has 3 atom stereocenters. The van der Waals surface area contributed by atoms with Crippen LogP contribution in [0.15, 0.2) is 48.8 Å². The van der Waals surface area contributed by atoms with E-state index in [1.165, 1.54) is 5.56 Å². The number of nitrogens with zero attached hydrogens (tertiary/aromatic N) is 3. The van der Waals surface area contributed by atoms with Crippen molar-refractivity contribution in [2.24, 2.45) is 0 Å². The molecule has 3 heterocycles. The first-order valence-corrected chi connectivity index (χ1v) is 13.0. The van der Waals surface area contributed by atoms with Crippen LogP contribution in [0.1, 0.15) is 61.1 Å². The number of benzene rings is 1. The highest BCUT2D eigenvalue weighted by Gasteiger charge is 2.49. The van der Waals surface area contributed by atoms with Crippen molar-refractivity contribution in [1.82, 2.24) is 14.8 Å². The van der Waals surface area contributed by atoms with Crippen LogP contribution < -0.4 is 0 Å². The summed E-state index contributed by atoms with van der Waals surface area (Å²) in [5.41, 5.74) is 2.23. The van der Waals surface area contributed by atoms with Crippen LogP contribution in [0, 0.1) is 11.8 Å². The number of amides is 1. The summed E-state index contributed by atoms with van der Waals surface area (Å²) in [6.07, 6.45) is 9.44. The second kappa shape index (κ2) is 10.5. The molecule has 0 spiro atoms. The fourth-order valence-corrected chi connectivity index (χ4v) is 6.02. The second-order valence-electron chi connectivity index (χ2n) is 10.3. The SMILES string of the molecule is O=C(Cc1ccncc1)N1CCCCN2[C@H](CO)[C@H](c3ccc(C#CC4(O)CCCC4)cc3)[C@@H]2C1. The number of carbonyl (C=O) groups excluding carboxylic acids is 1. The van der Waals surface area contributed by atoms with Gasteiger partial charge in [-0.2, -0.15) is 0 Å². The molecule has 0 unspecified atom stereocenters. The molecule has 2 saturated heterocycles. The van der Waals surface area contributed by atoms with Gasteiger partial charge in [-0.1, -0.05) is 24.0 Å². The molecular formula is C29H35N3O3. The maximum atomic E-state index is 13.2. The average Bonchev–Trinajstić information content (AvgIpc) is 3.30. The largest absolute Gasteiger partial charge is 0.395 e. The summed E-state index contributed by atoms with van der Waals surface area (Å²) in [6.45, 7) is 2.53. The first kappa shape index (κ1) is 24.0. The van der Waals surface area contributed by atoms with E-state index in [4.69, 9.17) is 0 Å². The normalized spacial score (nSPS) is 26.0. The Hall–Kier alpha value is -2.72. The van der Waals surface area contributed by atoms with Crippen molar-refractivity contribution < 1.29 is 15.0 Å². The van der Waals surface area contributed by atoms with Crippen molar-refractivity contribution in [3.8, 4) is 11.8 Å². The second-order valence-corrected chi connectivity index (χ2v) is 10.3. The number of aromatic nitrogens is 1. The van der Waals surface area contributed by atoms with E-state index in [9.17, 15) is 15.0 Å². The number of rotatable bonds is 4. The fourth-order valence-electron chi connectivity index (χ4n) is 6.02. The topological polar surface area (TPSA) is 76.9 Å². The van der Waals surface area contributed by atoms with E-state index >= 15 is 0 Å². The van der Waals surface area contributed by atoms with Crippen LogP contribution in [0.3, 0.4) is 0 Å². The molecule has 35 heavy (non-hydrogen) atoms. The zero-order valence-electron chi connectivity index (χ0n) is 20.3. The number of aliphatic hydroxyl groups is 2. The van der Waals surface area contributed by atoms with E-state index in [-0.39, 0.29) is 30.5 Å². The summed E-state index contributed by atoms with van der Waals surface area (Å²) >= 11 is 0. The Labute approximate surface area is 208 Å². The van der Waals surface area contributed by atoms with Gasteiger partial charge in [0.05, 0.1) is 13.0 Å². The summed E-state index contributed by atoms with van der Waals surface area (Å²) in [6, 6.07) is 12.3. The summed E-state index contributed by atoms with van der Waals surface area (Å²) in [5.74, 6) is 6.56. The predicted octanol–water partition coefficient (Wildman–Crippen LogP) is 2.73. The fraction of sp³-hybridized carbons (Fsp3) is 0.517. The zero-order chi connectivity index (χ0) is 24.3. The van der Waals surface area contributed by atoms with Gasteiger partial charge in [-0.05, 0) is 80.5 Å². The molecule has 5 rings (SSSR count). The first-order chi connectivity index (χ1) is 17.1. The summed E-state index contributed by atoms with van der Waals surface area (Å²) in [4.78, 5) is 21.6. The van der Waals surface area contributed by atoms with Gasteiger partial charge in [0, 0.05) is 49.0 Å². The Morgan fingerprint density at radius 1 is 1.03 bits per heavy atom. The molecule has 1 aliphatic carbocycles. The van der Waals surface area contributed by atoms with Gasteiger partial charge in [-0.3, -0.25) is 14.7 Å². The molecule has 3 fully saturated rings. The van der Waals surface area contributed by atoms with Crippen LogP contribution in [0.4, 0.5) is 0 Å². The van der Waals surface area contributed by atoms with Gasteiger partial charge in [-0.25, -0.2) is 0 Å². The highest BCUT2D eigenvalue weighted by Crippen LogP contribution is 2.42. The van der Waals surface area contributed by atoms with Crippen LogP contribution in [0.25, 0.3) is 0 Å². The van der Waals surface area contributed by atoms with E-state index in [1.54, 1.807) is 12.4 Å². The van der Waals surface area contributed by atoms with Gasteiger partial charge in [-0.15, -0.1) is 0 Å². The molecule has 3 aliphatic rings. The molecule has 6 heteroatoms. The highest BCUT2D eigenvalue weighted by molar-refractivity contribution is 5.78. The van der Waals surface area contributed by atoms with Gasteiger partial charge in [0.2, 0.25) is 5.91 Å². The summed E-state index contributed by atoms with van der Waals surface area (Å²) in [5, 5.41) is 20.7. The Morgan fingerprint density at radius 2 is 1.74 bits per heavy atom. The maximum absolute atomic E-state index is 13.2. The quantitative estimate of drug-likeness (QED) is 0.668. The van der Waals surface area contributed by atoms with Crippen LogP contribution in [0.5, 0.6) is 0 Å². The lowest BCUT2D eigenvalue weighted by atomic mass is 9.74. The summed E-state index contributed by atoms with van der Waals surface area (Å²) < 4.78 is 0. The van der Waals surface area contributed by atoms with Crippen molar-refractivity contribution >= 4 is 5.91 Å². The number of hydrogen-bond acceptors (Lipinski definition) is 5. The Bertz CT molecular complexity index is 1070. The molecule has 184 valence electrons. The van der Waals surface area contributed by atoms with Gasteiger partial charge in [0.15, 0.2) is 0 Å². The first-order valence-electron chi connectivity index (χ1n) is 13.0. The minimum absolute atomic E-state index is 0.0754. The molecule has 2 aliphatic heterocycles. The molecule has 1 amide bonds. The van der Waals surface area contributed by atoms with Gasteiger partial charge < -0.3 is 15.1 Å². The van der Waals surface area contributed by atoms with E-state index in [0.717, 1.165) is 62.7 Å². The lowest BCUT2D eigenvalue weighted by Gasteiger charge is -2.57. The highest BCUT2D eigenvalue weighted by atomic mass is 16.3. The number of aliphatic hydroxyl groups excluding tert-OH is 1. The van der Waals surface area contributed by atoms with Crippen molar-refractivity contribution in [2.75, 3.05) is 26.2 Å². The standard InChI is InChI=1S/C29H35N3O3/c33-21-26-28(24-7-5-22(6-8-24)9-14-29(35)12-1-2-13-29)25-20-31(17-3-4-18-32(25)26)27(34)19-23-10-15-30-16-11-23/h5-8,10-11,15-16,25-26,28,33,35H,1-4,12-13,17-21H2/t25-,26+,28+/m0/s1. The van der Waals surface area contributed by atoms with E-state index < -0.39 is 5.60 Å². The Balaban J connectivity index is 1.31. The molecule has 1 aromatic heterocycles. The van der Waals surface area contributed by atoms with E-state index in [2.05, 4.69) is 33.9 Å². The van der Waals surface area contributed by atoms with Gasteiger partial charge >= 0.3 is 0 Å². The van der Waals surface area contributed by atoms with Gasteiger partial charge in [0.25, 0.3) is 0 Å². The number of fused-ring (bicyclic) bond motifs is 1. The van der Waals surface area contributed by atoms with E-state index in [1.807, 2.05) is 29.2 Å². The molecule has 2 N–H and O–H groups in total. The molecule has 0 radical (unpaired) electrons. The number of pyridine rings is 1. The monoisotopic (exact) mass is 473 g/mol. The van der Waals surface area contributed by atoms with Crippen LogP contribution in [0.2, 0.25) is 0 Å². The number of carbonyl (C=O) groups is 1. The minimum atomic E-state index is -0.833. The number of hydrogen-bond donors (Lipinski definition) is 2. The smallest absolute Gasteiger partial charge is 0.227 e. The molecule has 0 bridgehead atoms. The van der Waals surface area contributed by atoms with Crippen molar-refractivity contribution in [3.63, 3.8) is 0 Å². The van der Waals surface area contributed by atoms with Crippen LogP contribution >= 0.6 is 0 Å². The average molecular weight is 474 g/mol. The van der Waals surface area contributed by atoms with E-state index in [0.29, 0.717) is 13.0 Å². The third-order valence-electron chi connectivity index (χ3n) is 7.99. The molecule has 1 saturated carbocycles. The maximum Gasteiger partial charge on any atom is 0.227 e. The Kier molecular flexibility index (Phi) is 7.19. The van der Waals surface area contributed by atoms with Crippen molar-refractivity contribution in [2.45, 2.75) is 68.5 Å². The summed E-state index contributed by atoms with van der Waals surface area (Å²) in [7, 11) is 0. The van der Waals surface area contributed by atoms with Crippen molar-refractivity contribution in [3.05, 3.63) is 65.5 Å². The molecular weight excluding hydrogens is 438 g/mol. The minimum Gasteiger partial charge on any atom is -0.395 e. The molecule has 1 aromatic carbocycles. The molecule has 2 aromatic rings. The zero-order valence-corrected chi connectivity index (χ0v) is 20.3. The van der Waals surface area contributed by atoms with Crippen LogP contribution in [-0.2, 0) is 11.2 Å². The third-order valence-corrected chi connectivity index (χ3v) is 7.99. The predicted molar refractivity (Wildman–Crippen MR) is 135 cm³/mol.